The molecule has 1 amide bonds. The molecule has 0 spiro atoms. The summed E-state index contributed by atoms with van der Waals surface area (Å²) in [5.74, 6) is -0.174. The van der Waals surface area contributed by atoms with E-state index in [1.165, 1.54) is 12.1 Å². The molecule has 0 aliphatic carbocycles. The third kappa shape index (κ3) is 5.40. The Kier molecular flexibility index (Phi) is 7.19. The van der Waals surface area contributed by atoms with E-state index in [1.807, 2.05) is 37.3 Å². The van der Waals surface area contributed by atoms with Crippen molar-refractivity contribution in [3.63, 3.8) is 0 Å². The minimum absolute atomic E-state index is 0.104. The molecule has 1 aliphatic rings. The van der Waals surface area contributed by atoms with Gasteiger partial charge in [-0.15, -0.1) is 0 Å². The first-order chi connectivity index (χ1) is 16.3. The first kappa shape index (κ1) is 23.8. The second-order valence-corrected chi connectivity index (χ2v) is 10.0. The van der Waals surface area contributed by atoms with Gasteiger partial charge in [-0.25, -0.2) is 8.42 Å². The molecular weight excluding hydrogens is 450 g/mol. The summed E-state index contributed by atoms with van der Waals surface area (Å²) in [6, 6.07) is 21.3. The summed E-state index contributed by atoms with van der Waals surface area (Å²) in [6.45, 7) is 5.31. The number of carbonyl (C=O) groups excluding carboxylic acids is 1. The van der Waals surface area contributed by atoms with Crippen molar-refractivity contribution in [1.82, 2.24) is 4.90 Å². The Morgan fingerprint density at radius 2 is 1.62 bits per heavy atom. The van der Waals surface area contributed by atoms with E-state index in [2.05, 4.69) is 15.7 Å². The van der Waals surface area contributed by atoms with Gasteiger partial charge in [0.15, 0.2) is 0 Å². The number of amides is 1. The lowest BCUT2D eigenvalue weighted by atomic mass is 10.1. The third-order valence-corrected chi connectivity index (χ3v) is 7.28. The maximum Gasteiger partial charge on any atom is 0.261 e. The number of nitrogens with zero attached hydrogens (tertiary/aromatic N) is 2. The number of carbonyl (C=O) groups is 1. The van der Waals surface area contributed by atoms with Crippen molar-refractivity contribution in [2.45, 2.75) is 18.4 Å². The van der Waals surface area contributed by atoms with Crippen LogP contribution in [0.3, 0.4) is 0 Å². The average Bonchev–Trinajstić information content (AvgIpc) is 2.86. The predicted octanol–water partition coefficient (Wildman–Crippen LogP) is 3.90. The van der Waals surface area contributed by atoms with Crippen molar-refractivity contribution in [3.05, 3.63) is 89.5 Å². The Balaban J connectivity index is 1.46. The smallest absolute Gasteiger partial charge is 0.261 e. The van der Waals surface area contributed by atoms with Gasteiger partial charge in [-0.05, 0) is 54.4 Å². The number of para-hydroxylation sites is 2. The monoisotopic (exact) mass is 479 g/mol. The SMILES string of the molecule is Cc1ccccc1NS(=O)(=O)c1ccc(C(=O)N(C)Cc2ccccc2N2CCOCC2)cc1. The lowest BCUT2D eigenvalue weighted by molar-refractivity contribution is 0.0784. The highest BCUT2D eigenvalue weighted by Gasteiger charge is 2.20. The van der Waals surface area contributed by atoms with E-state index in [0.29, 0.717) is 31.0 Å². The fourth-order valence-electron chi connectivity index (χ4n) is 3.97. The Morgan fingerprint density at radius 1 is 0.971 bits per heavy atom. The second-order valence-electron chi connectivity index (χ2n) is 8.33. The molecular formula is C26H29N3O4S. The number of aryl methyl sites for hydroxylation is 1. The van der Waals surface area contributed by atoms with Gasteiger partial charge in [-0.2, -0.15) is 0 Å². The molecule has 1 N–H and O–H groups in total. The minimum atomic E-state index is -3.76. The number of hydrogen-bond acceptors (Lipinski definition) is 5. The number of anilines is 2. The van der Waals surface area contributed by atoms with Crippen molar-refractivity contribution in [1.29, 1.82) is 0 Å². The van der Waals surface area contributed by atoms with Gasteiger partial charge in [0.2, 0.25) is 0 Å². The molecule has 1 saturated heterocycles. The van der Waals surface area contributed by atoms with Crippen LogP contribution in [0.25, 0.3) is 0 Å². The first-order valence-corrected chi connectivity index (χ1v) is 12.7. The predicted molar refractivity (Wildman–Crippen MR) is 134 cm³/mol. The van der Waals surface area contributed by atoms with Gasteiger partial charge in [-0.1, -0.05) is 36.4 Å². The Morgan fingerprint density at radius 3 is 2.32 bits per heavy atom. The van der Waals surface area contributed by atoms with Gasteiger partial charge in [0.25, 0.3) is 15.9 Å². The maximum absolute atomic E-state index is 13.1. The lowest BCUT2D eigenvalue weighted by Crippen LogP contribution is -2.37. The highest BCUT2D eigenvalue weighted by atomic mass is 32.2. The van der Waals surface area contributed by atoms with Crippen LogP contribution in [-0.4, -0.2) is 52.6 Å². The number of nitrogens with one attached hydrogen (secondary N) is 1. The molecule has 1 heterocycles. The van der Waals surface area contributed by atoms with Crippen LogP contribution in [0.15, 0.2) is 77.7 Å². The van der Waals surface area contributed by atoms with E-state index >= 15 is 0 Å². The molecule has 3 aromatic carbocycles. The van der Waals surface area contributed by atoms with Crippen LogP contribution in [0.5, 0.6) is 0 Å². The van der Waals surface area contributed by atoms with Gasteiger partial charge in [0.05, 0.1) is 23.8 Å². The molecule has 4 rings (SSSR count). The van der Waals surface area contributed by atoms with Crippen molar-refractivity contribution in [2.75, 3.05) is 43.0 Å². The highest BCUT2D eigenvalue weighted by Crippen LogP contribution is 2.24. The van der Waals surface area contributed by atoms with Crippen LogP contribution in [-0.2, 0) is 21.3 Å². The number of rotatable bonds is 7. The van der Waals surface area contributed by atoms with E-state index in [0.717, 1.165) is 29.9 Å². The number of ether oxygens (including phenoxy) is 1. The van der Waals surface area contributed by atoms with E-state index in [1.54, 1.807) is 36.2 Å². The average molecular weight is 480 g/mol. The van der Waals surface area contributed by atoms with Crippen molar-refractivity contribution < 1.29 is 17.9 Å². The zero-order chi connectivity index (χ0) is 24.1. The lowest BCUT2D eigenvalue weighted by Gasteiger charge is -2.31. The summed E-state index contributed by atoms with van der Waals surface area (Å²) in [4.78, 5) is 17.1. The third-order valence-electron chi connectivity index (χ3n) is 5.90. The van der Waals surface area contributed by atoms with Crippen LogP contribution in [0.2, 0.25) is 0 Å². The molecule has 0 radical (unpaired) electrons. The summed E-state index contributed by atoms with van der Waals surface area (Å²) in [5, 5.41) is 0. The Hall–Kier alpha value is -3.36. The van der Waals surface area contributed by atoms with Crippen molar-refractivity contribution >= 4 is 27.3 Å². The normalized spacial score (nSPS) is 14.0. The van der Waals surface area contributed by atoms with Gasteiger partial charge >= 0.3 is 0 Å². The number of morpholine rings is 1. The van der Waals surface area contributed by atoms with E-state index in [-0.39, 0.29) is 10.8 Å². The fourth-order valence-corrected chi connectivity index (χ4v) is 5.10. The molecule has 178 valence electrons. The van der Waals surface area contributed by atoms with Crippen LogP contribution in [0.4, 0.5) is 11.4 Å². The molecule has 0 unspecified atom stereocenters. The molecule has 1 aliphatic heterocycles. The standard InChI is InChI=1S/C26H29N3O4S/c1-20-7-3-5-9-24(20)27-34(31,32)23-13-11-21(12-14-23)26(30)28(2)19-22-8-4-6-10-25(22)29-15-17-33-18-16-29/h3-14,27H,15-19H2,1-2H3. The van der Waals surface area contributed by atoms with E-state index in [9.17, 15) is 13.2 Å². The molecule has 3 aromatic rings. The van der Waals surface area contributed by atoms with Crippen LogP contribution >= 0.6 is 0 Å². The summed E-state index contributed by atoms with van der Waals surface area (Å²) < 4.78 is 33.6. The number of benzene rings is 3. The van der Waals surface area contributed by atoms with Crippen molar-refractivity contribution in [2.24, 2.45) is 0 Å². The summed E-state index contributed by atoms with van der Waals surface area (Å²) in [6.07, 6.45) is 0. The molecule has 0 bridgehead atoms. The molecule has 0 aromatic heterocycles. The first-order valence-electron chi connectivity index (χ1n) is 11.2. The van der Waals surface area contributed by atoms with Gasteiger partial charge in [0, 0.05) is 37.9 Å². The molecule has 34 heavy (non-hydrogen) atoms. The highest BCUT2D eigenvalue weighted by molar-refractivity contribution is 7.92. The van der Waals surface area contributed by atoms with Gasteiger partial charge in [0.1, 0.15) is 0 Å². The summed E-state index contributed by atoms with van der Waals surface area (Å²) >= 11 is 0. The van der Waals surface area contributed by atoms with Crippen molar-refractivity contribution in [3.8, 4) is 0 Å². The van der Waals surface area contributed by atoms with Crippen LogP contribution < -0.4 is 9.62 Å². The zero-order valence-corrected chi connectivity index (χ0v) is 20.2. The Labute approximate surface area is 201 Å². The van der Waals surface area contributed by atoms with Gasteiger partial charge < -0.3 is 14.5 Å². The molecule has 0 saturated carbocycles. The second kappa shape index (κ2) is 10.3. The Bertz CT molecular complexity index is 1250. The van der Waals surface area contributed by atoms with Crippen LogP contribution in [0, 0.1) is 6.92 Å². The van der Waals surface area contributed by atoms with Crippen LogP contribution in [0.1, 0.15) is 21.5 Å². The molecule has 1 fully saturated rings. The number of hydrogen-bond donors (Lipinski definition) is 1. The van der Waals surface area contributed by atoms with E-state index in [4.69, 9.17) is 4.74 Å². The van der Waals surface area contributed by atoms with E-state index < -0.39 is 10.0 Å². The quantitative estimate of drug-likeness (QED) is 0.556. The zero-order valence-electron chi connectivity index (χ0n) is 19.4. The molecule has 8 heteroatoms. The topological polar surface area (TPSA) is 79.0 Å². The molecule has 0 atom stereocenters. The van der Waals surface area contributed by atoms with Gasteiger partial charge in [-0.3, -0.25) is 9.52 Å². The fraction of sp³-hybridized carbons (Fsp3) is 0.269. The molecule has 7 nitrogen and oxygen atoms in total. The maximum atomic E-state index is 13.1. The summed E-state index contributed by atoms with van der Waals surface area (Å²) in [7, 11) is -2.00. The summed E-state index contributed by atoms with van der Waals surface area (Å²) in [5.41, 5.74) is 3.95. The largest absolute Gasteiger partial charge is 0.378 e. The number of sulfonamides is 1. The minimum Gasteiger partial charge on any atom is -0.378 e.